The van der Waals surface area contributed by atoms with Gasteiger partial charge in [0, 0.05) is 18.1 Å². The summed E-state index contributed by atoms with van der Waals surface area (Å²) < 4.78 is 2.44. The van der Waals surface area contributed by atoms with Gasteiger partial charge in [-0.25, -0.2) is 4.57 Å². The molecule has 1 heterocycles. The Hall–Kier alpha value is -0.850. The minimum atomic E-state index is 1.20. The smallest absolute Gasteiger partial charge is 0.171 e. The van der Waals surface area contributed by atoms with E-state index in [-0.39, 0.29) is 0 Å². The third-order valence-corrected chi connectivity index (χ3v) is 8.26. The van der Waals surface area contributed by atoms with Crippen LogP contribution in [-0.4, -0.2) is 0 Å². The zero-order valence-electron chi connectivity index (χ0n) is 25.8. The fraction of sp³-hybridized carbons (Fsp3) is 0.861. The Balaban J connectivity index is 1.87. The van der Waals surface area contributed by atoms with Gasteiger partial charge in [0.15, 0.2) is 12.4 Å². The third kappa shape index (κ3) is 24.0. The van der Waals surface area contributed by atoms with Gasteiger partial charge in [-0.15, -0.1) is 0 Å². The van der Waals surface area contributed by atoms with Crippen LogP contribution in [0.4, 0.5) is 0 Å². The number of hydrogen-bond acceptors (Lipinski definition) is 0. The van der Waals surface area contributed by atoms with E-state index in [4.69, 9.17) is 0 Å². The first-order chi connectivity index (χ1) is 18.4. The van der Waals surface area contributed by atoms with E-state index in [2.05, 4.69) is 42.9 Å². The van der Waals surface area contributed by atoms with Gasteiger partial charge >= 0.3 is 0 Å². The lowest BCUT2D eigenvalue weighted by molar-refractivity contribution is -0.697. The van der Waals surface area contributed by atoms with Crippen molar-refractivity contribution in [2.24, 2.45) is 0 Å². The van der Waals surface area contributed by atoms with E-state index in [1.165, 1.54) is 192 Å². The normalized spacial score (nSPS) is 11.4. The Morgan fingerprint density at radius 1 is 0.432 bits per heavy atom. The van der Waals surface area contributed by atoms with Gasteiger partial charge in [-0.3, -0.25) is 0 Å². The summed E-state index contributed by atoms with van der Waals surface area (Å²) in [5.41, 5.74) is 1.54. The molecule has 1 heteroatoms. The fourth-order valence-corrected chi connectivity index (χ4v) is 5.70. The van der Waals surface area contributed by atoms with E-state index in [0.29, 0.717) is 0 Å². The lowest BCUT2D eigenvalue weighted by Gasteiger charge is -2.04. The standard InChI is InChI=1S/C36H68N/c1-3-5-7-9-11-13-15-16-17-18-19-20-22-24-26-28-31-36-32-30-34-37(35-36)33-29-27-25-23-21-14-12-10-8-6-4-2/h30,32,34-35H,3-29,31,33H2,1-2H3/q+1. The van der Waals surface area contributed by atoms with E-state index >= 15 is 0 Å². The molecule has 0 aliphatic rings. The van der Waals surface area contributed by atoms with Gasteiger partial charge in [0.2, 0.25) is 0 Å². The summed E-state index contributed by atoms with van der Waals surface area (Å²) in [6.45, 7) is 5.81. The Morgan fingerprint density at radius 3 is 1.19 bits per heavy atom. The molecule has 0 saturated carbocycles. The highest BCUT2D eigenvalue weighted by Gasteiger charge is 2.03. The number of aromatic nitrogens is 1. The molecule has 0 spiro atoms. The molecule has 0 bridgehead atoms. The van der Waals surface area contributed by atoms with Crippen molar-refractivity contribution >= 4 is 0 Å². The van der Waals surface area contributed by atoms with Gasteiger partial charge in [-0.05, 0) is 25.3 Å². The Morgan fingerprint density at radius 2 is 0.784 bits per heavy atom. The van der Waals surface area contributed by atoms with Crippen LogP contribution >= 0.6 is 0 Å². The van der Waals surface area contributed by atoms with Crippen molar-refractivity contribution < 1.29 is 4.57 Å². The van der Waals surface area contributed by atoms with Crippen LogP contribution in [0.5, 0.6) is 0 Å². The van der Waals surface area contributed by atoms with E-state index in [0.717, 1.165) is 0 Å². The van der Waals surface area contributed by atoms with Crippen molar-refractivity contribution in [2.75, 3.05) is 0 Å². The molecule has 0 aliphatic carbocycles. The zero-order valence-corrected chi connectivity index (χ0v) is 25.8. The summed E-state index contributed by atoms with van der Waals surface area (Å²) in [7, 11) is 0. The van der Waals surface area contributed by atoms with Crippen molar-refractivity contribution in [1.82, 2.24) is 0 Å². The third-order valence-electron chi connectivity index (χ3n) is 8.26. The maximum Gasteiger partial charge on any atom is 0.171 e. The highest BCUT2D eigenvalue weighted by atomic mass is 14.9. The largest absolute Gasteiger partial charge is 0.205 e. The van der Waals surface area contributed by atoms with Crippen molar-refractivity contribution in [3.63, 3.8) is 0 Å². The average molecular weight is 515 g/mol. The molecule has 1 aromatic heterocycles. The lowest BCUT2D eigenvalue weighted by atomic mass is 10.0. The Kier molecular flexibility index (Phi) is 26.0. The summed E-state index contributed by atoms with van der Waals surface area (Å²) >= 11 is 0. The first-order valence-electron chi connectivity index (χ1n) is 17.3. The number of rotatable bonds is 29. The van der Waals surface area contributed by atoms with Crippen molar-refractivity contribution in [2.45, 2.75) is 200 Å². The van der Waals surface area contributed by atoms with Gasteiger partial charge in [0.1, 0.15) is 6.54 Å². The highest BCUT2D eigenvalue weighted by Crippen LogP contribution is 2.15. The van der Waals surface area contributed by atoms with Gasteiger partial charge in [0.05, 0.1) is 0 Å². The van der Waals surface area contributed by atoms with Gasteiger partial charge in [0.25, 0.3) is 0 Å². The maximum absolute atomic E-state index is 2.44. The van der Waals surface area contributed by atoms with Crippen LogP contribution in [0.25, 0.3) is 0 Å². The van der Waals surface area contributed by atoms with Crippen LogP contribution in [0.1, 0.15) is 193 Å². The molecule has 216 valence electrons. The SMILES string of the molecule is CCCCCCCCCCCCCCCCCCc1ccc[n+](CCCCCCCCCCCCC)c1. The van der Waals surface area contributed by atoms with Crippen LogP contribution < -0.4 is 4.57 Å². The number of hydrogen-bond donors (Lipinski definition) is 0. The second kappa shape index (κ2) is 28.2. The molecule has 0 saturated heterocycles. The van der Waals surface area contributed by atoms with Crippen molar-refractivity contribution in [3.8, 4) is 0 Å². The summed E-state index contributed by atoms with van der Waals surface area (Å²) in [5, 5.41) is 0. The second-order valence-electron chi connectivity index (χ2n) is 12.0. The van der Waals surface area contributed by atoms with E-state index in [9.17, 15) is 0 Å². The molecule has 37 heavy (non-hydrogen) atoms. The predicted octanol–water partition coefficient (Wildman–Crippen LogP) is 12.1. The maximum atomic E-state index is 2.44. The molecule has 0 N–H and O–H groups in total. The Bertz CT molecular complexity index is 566. The minimum Gasteiger partial charge on any atom is -0.205 e. The molecule has 0 aromatic carbocycles. The molecule has 0 amide bonds. The van der Waals surface area contributed by atoms with Gasteiger partial charge in [-0.1, -0.05) is 168 Å². The second-order valence-corrected chi connectivity index (χ2v) is 12.0. The van der Waals surface area contributed by atoms with Crippen LogP contribution in [0.15, 0.2) is 24.5 Å². The quantitative estimate of drug-likeness (QED) is 0.0739. The summed E-state index contributed by atoms with van der Waals surface area (Å²) in [4.78, 5) is 0. The van der Waals surface area contributed by atoms with Gasteiger partial charge in [-0.2, -0.15) is 0 Å². The van der Waals surface area contributed by atoms with E-state index < -0.39 is 0 Å². The first-order valence-corrected chi connectivity index (χ1v) is 17.3. The monoisotopic (exact) mass is 515 g/mol. The summed E-state index contributed by atoms with van der Waals surface area (Å²) in [6, 6.07) is 4.60. The van der Waals surface area contributed by atoms with Gasteiger partial charge < -0.3 is 0 Å². The highest BCUT2D eigenvalue weighted by molar-refractivity contribution is 5.05. The summed E-state index contributed by atoms with van der Waals surface area (Å²) in [5.74, 6) is 0. The number of pyridine rings is 1. The molecule has 0 atom stereocenters. The molecule has 0 fully saturated rings. The van der Waals surface area contributed by atoms with E-state index in [1.807, 2.05) is 0 Å². The number of unbranched alkanes of at least 4 members (excludes halogenated alkanes) is 25. The van der Waals surface area contributed by atoms with Crippen molar-refractivity contribution in [3.05, 3.63) is 30.1 Å². The molecule has 0 unspecified atom stereocenters. The molecule has 1 nitrogen and oxygen atoms in total. The molecule has 0 radical (unpaired) electrons. The zero-order chi connectivity index (χ0) is 26.5. The molecular formula is C36H68N+. The number of nitrogens with zero attached hydrogens (tertiary/aromatic N) is 1. The lowest BCUT2D eigenvalue weighted by Crippen LogP contribution is -2.33. The molecular weight excluding hydrogens is 446 g/mol. The first kappa shape index (κ1) is 34.2. The summed E-state index contributed by atoms with van der Waals surface area (Å²) in [6.07, 6.45) is 44.8. The van der Waals surface area contributed by atoms with Crippen LogP contribution in [0.3, 0.4) is 0 Å². The Labute approximate surface area is 234 Å². The number of aryl methyl sites for hydroxylation is 2. The topological polar surface area (TPSA) is 3.88 Å². The van der Waals surface area contributed by atoms with Crippen LogP contribution in [0, 0.1) is 0 Å². The fourth-order valence-electron chi connectivity index (χ4n) is 5.70. The average Bonchev–Trinajstić information content (AvgIpc) is 2.92. The molecule has 1 rings (SSSR count). The molecule has 1 aromatic rings. The molecule has 0 aliphatic heterocycles. The van der Waals surface area contributed by atoms with Crippen molar-refractivity contribution in [1.29, 1.82) is 0 Å². The van der Waals surface area contributed by atoms with E-state index in [1.54, 1.807) is 0 Å². The van der Waals surface area contributed by atoms with Crippen LogP contribution in [-0.2, 0) is 13.0 Å². The van der Waals surface area contributed by atoms with Crippen LogP contribution in [0.2, 0.25) is 0 Å². The predicted molar refractivity (Wildman–Crippen MR) is 166 cm³/mol. The minimum absolute atomic E-state index is 1.20.